The molecule has 0 N–H and O–H groups in total. The van der Waals surface area contributed by atoms with Crippen LogP contribution in [0.3, 0.4) is 0 Å². The number of likely N-dealkylation sites (N-methyl/N-ethyl adjacent to an activating group) is 2. The quantitative estimate of drug-likeness (QED) is 0.614. The van der Waals surface area contributed by atoms with Gasteiger partial charge >= 0.3 is 0 Å². The Hall–Kier alpha value is -0.0800. The van der Waals surface area contributed by atoms with Crippen LogP contribution < -0.4 is 0 Å². The second kappa shape index (κ2) is 10.4. The number of rotatable bonds is 0. The zero-order valence-corrected chi connectivity index (χ0v) is 12.2. The highest BCUT2D eigenvalue weighted by molar-refractivity contribution is 4.97. The van der Waals surface area contributed by atoms with E-state index in [0.29, 0.717) is 0 Å². The fourth-order valence-electron chi connectivity index (χ4n) is 2.01. The number of nitrogens with zero attached hydrogens (tertiary/aromatic N) is 2. The fourth-order valence-corrected chi connectivity index (χ4v) is 2.01. The first-order valence-corrected chi connectivity index (χ1v) is 6.68. The van der Waals surface area contributed by atoms with Crippen molar-refractivity contribution in [3.8, 4) is 0 Å². The van der Waals surface area contributed by atoms with E-state index in [4.69, 9.17) is 0 Å². The van der Waals surface area contributed by atoms with Crippen molar-refractivity contribution in [3.63, 3.8) is 0 Å². The average molecular weight is 216 g/mol. The van der Waals surface area contributed by atoms with Gasteiger partial charge in [0, 0.05) is 25.2 Å². The molecule has 0 aromatic rings. The molecule has 0 amide bonds. The van der Waals surface area contributed by atoms with Gasteiger partial charge in [0.05, 0.1) is 0 Å². The molecule has 2 bridgehead atoms. The predicted molar refractivity (Wildman–Crippen MR) is 71.5 cm³/mol. The van der Waals surface area contributed by atoms with Gasteiger partial charge in [0.25, 0.3) is 0 Å². The molecule has 2 atom stereocenters. The SMILES string of the molecule is CC.CC.CC.CN1CC2CC(C1)N2C. The fraction of sp³-hybridized carbons (Fsp3) is 1.00. The van der Waals surface area contributed by atoms with Gasteiger partial charge in [-0.1, -0.05) is 41.5 Å². The summed E-state index contributed by atoms with van der Waals surface area (Å²) in [6.07, 6.45) is 1.45. The lowest BCUT2D eigenvalue weighted by molar-refractivity contribution is -0.0408. The Bertz CT molecular complexity index is 114. The maximum Gasteiger partial charge on any atom is 0.0238 e. The lowest BCUT2D eigenvalue weighted by Gasteiger charge is -2.54. The van der Waals surface area contributed by atoms with Gasteiger partial charge in [-0.25, -0.2) is 0 Å². The van der Waals surface area contributed by atoms with Crippen molar-refractivity contribution in [2.45, 2.75) is 60.0 Å². The first-order chi connectivity index (χ1) is 7.27. The molecule has 0 aliphatic carbocycles. The summed E-state index contributed by atoms with van der Waals surface area (Å²) in [6.45, 7) is 14.6. The average Bonchev–Trinajstić information content (AvgIpc) is 2.36. The third-order valence-electron chi connectivity index (χ3n) is 2.74. The van der Waals surface area contributed by atoms with Crippen molar-refractivity contribution in [2.24, 2.45) is 0 Å². The second-order valence-electron chi connectivity index (χ2n) is 3.43. The zero-order valence-electron chi connectivity index (χ0n) is 12.2. The molecule has 0 spiro atoms. The Morgan fingerprint density at radius 3 is 1.27 bits per heavy atom. The summed E-state index contributed by atoms with van der Waals surface area (Å²) >= 11 is 0. The molecule has 15 heavy (non-hydrogen) atoms. The molecule has 2 unspecified atom stereocenters. The summed E-state index contributed by atoms with van der Waals surface area (Å²) in [7, 11) is 4.46. The zero-order chi connectivity index (χ0) is 12.4. The summed E-state index contributed by atoms with van der Waals surface area (Å²) in [5, 5.41) is 0. The van der Waals surface area contributed by atoms with E-state index >= 15 is 0 Å². The third kappa shape index (κ3) is 4.98. The maximum atomic E-state index is 2.50. The van der Waals surface area contributed by atoms with Crippen LogP contribution in [0.15, 0.2) is 0 Å². The van der Waals surface area contributed by atoms with Crippen LogP contribution in [0, 0.1) is 0 Å². The van der Waals surface area contributed by atoms with Crippen LogP contribution in [0.1, 0.15) is 48.0 Å². The molecule has 2 heteroatoms. The number of hydrogen-bond donors (Lipinski definition) is 0. The smallest absolute Gasteiger partial charge is 0.0238 e. The van der Waals surface area contributed by atoms with E-state index in [0.717, 1.165) is 12.1 Å². The van der Waals surface area contributed by atoms with Crippen molar-refractivity contribution in [1.82, 2.24) is 9.80 Å². The Balaban J connectivity index is 0. The highest BCUT2D eigenvalue weighted by atomic mass is 15.3. The summed E-state index contributed by atoms with van der Waals surface area (Å²) < 4.78 is 0. The van der Waals surface area contributed by atoms with E-state index in [9.17, 15) is 0 Å². The molecule has 3 aliphatic heterocycles. The molecular formula is C13H32N2. The first-order valence-electron chi connectivity index (χ1n) is 6.68. The van der Waals surface area contributed by atoms with Crippen LogP contribution >= 0.6 is 0 Å². The van der Waals surface area contributed by atoms with Gasteiger partial charge in [-0.3, -0.25) is 4.90 Å². The first kappa shape index (κ1) is 17.3. The van der Waals surface area contributed by atoms with Crippen molar-refractivity contribution in [3.05, 3.63) is 0 Å². The molecule has 0 radical (unpaired) electrons. The summed E-state index contributed by atoms with van der Waals surface area (Å²) in [6, 6.07) is 1.77. The lowest BCUT2D eigenvalue weighted by Crippen LogP contribution is -2.66. The number of piperidine rings is 1. The lowest BCUT2D eigenvalue weighted by atomic mass is 9.89. The Morgan fingerprint density at radius 1 is 0.733 bits per heavy atom. The minimum atomic E-state index is 0.883. The molecule has 0 saturated carbocycles. The summed E-state index contributed by atoms with van der Waals surface area (Å²) in [4.78, 5) is 4.93. The summed E-state index contributed by atoms with van der Waals surface area (Å²) in [5.41, 5.74) is 0. The van der Waals surface area contributed by atoms with Crippen molar-refractivity contribution in [2.75, 3.05) is 27.2 Å². The van der Waals surface area contributed by atoms with Crippen LogP contribution in [0.25, 0.3) is 0 Å². The normalized spacial score (nSPS) is 28.0. The largest absolute Gasteiger partial charge is 0.303 e. The second-order valence-corrected chi connectivity index (χ2v) is 3.43. The van der Waals surface area contributed by atoms with E-state index in [1.165, 1.54) is 19.5 Å². The number of fused-ring (bicyclic) bond motifs is 2. The maximum absolute atomic E-state index is 2.50. The van der Waals surface area contributed by atoms with Crippen LogP contribution in [0.4, 0.5) is 0 Å². The molecule has 0 aromatic carbocycles. The molecule has 2 nitrogen and oxygen atoms in total. The molecule has 0 aromatic heterocycles. The van der Waals surface area contributed by atoms with E-state index < -0.39 is 0 Å². The predicted octanol–water partition coefficient (Wildman–Crippen LogP) is 3.08. The van der Waals surface area contributed by atoms with Crippen molar-refractivity contribution in [1.29, 1.82) is 0 Å². The van der Waals surface area contributed by atoms with E-state index in [-0.39, 0.29) is 0 Å². The Morgan fingerprint density at radius 2 is 1.07 bits per heavy atom. The number of piperazine rings is 1. The van der Waals surface area contributed by atoms with E-state index in [1.54, 1.807) is 0 Å². The monoisotopic (exact) mass is 216 g/mol. The van der Waals surface area contributed by atoms with Crippen LogP contribution in [0.2, 0.25) is 0 Å². The van der Waals surface area contributed by atoms with Gasteiger partial charge in [-0.2, -0.15) is 0 Å². The van der Waals surface area contributed by atoms with E-state index in [2.05, 4.69) is 23.9 Å². The van der Waals surface area contributed by atoms with Gasteiger partial charge in [-0.15, -0.1) is 0 Å². The van der Waals surface area contributed by atoms with Gasteiger partial charge in [-0.05, 0) is 20.5 Å². The highest BCUT2D eigenvalue weighted by Crippen LogP contribution is 2.28. The molecule has 3 heterocycles. The molecule has 3 rings (SSSR count). The van der Waals surface area contributed by atoms with Crippen molar-refractivity contribution >= 4 is 0 Å². The van der Waals surface area contributed by atoms with Gasteiger partial charge in [0.1, 0.15) is 0 Å². The minimum Gasteiger partial charge on any atom is -0.303 e. The Labute approximate surface area is 97.6 Å². The third-order valence-corrected chi connectivity index (χ3v) is 2.74. The molecule has 3 saturated heterocycles. The van der Waals surface area contributed by atoms with E-state index in [1.807, 2.05) is 41.5 Å². The van der Waals surface area contributed by atoms with Crippen molar-refractivity contribution < 1.29 is 0 Å². The standard InChI is InChI=1S/C7H14N2.3C2H6/c1-8-4-6-3-7(5-8)9(6)2;3*1-2/h6-7H,3-5H2,1-2H3;3*1-2H3. The molecule has 3 fully saturated rings. The van der Waals surface area contributed by atoms with Gasteiger partial charge in [0.15, 0.2) is 0 Å². The molecule has 3 aliphatic rings. The molecular weight excluding hydrogens is 184 g/mol. The van der Waals surface area contributed by atoms with Gasteiger partial charge in [0.2, 0.25) is 0 Å². The Kier molecular flexibility index (Phi) is 12.1. The van der Waals surface area contributed by atoms with Crippen LogP contribution in [-0.2, 0) is 0 Å². The highest BCUT2D eigenvalue weighted by Gasteiger charge is 2.40. The van der Waals surface area contributed by atoms with Crippen LogP contribution in [-0.4, -0.2) is 49.1 Å². The number of hydrogen-bond acceptors (Lipinski definition) is 2. The molecule has 94 valence electrons. The van der Waals surface area contributed by atoms with Crippen LogP contribution in [0.5, 0.6) is 0 Å². The topological polar surface area (TPSA) is 6.48 Å². The van der Waals surface area contributed by atoms with Gasteiger partial charge < -0.3 is 4.90 Å². The minimum absolute atomic E-state index is 0.883. The summed E-state index contributed by atoms with van der Waals surface area (Å²) in [5.74, 6) is 0.